The summed E-state index contributed by atoms with van der Waals surface area (Å²) in [5.74, 6) is -1.46. The highest BCUT2D eigenvalue weighted by Crippen LogP contribution is 2.66. The zero-order valence-corrected chi connectivity index (χ0v) is 22.4. The third-order valence-electron chi connectivity index (χ3n) is 5.17. The highest BCUT2D eigenvalue weighted by molar-refractivity contribution is 7.66. The number of hydrogen-bond acceptors (Lipinski definition) is 15. The number of aromatic nitrogens is 4. The minimum absolute atomic E-state index is 0.0127. The van der Waals surface area contributed by atoms with Crippen LogP contribution < -0.4 is 17.0 Å². The van der Waals surface area contributed by atoms with Crippen LogP contribution in [0.3, 0.4) is 0 Å². The van der Waals surface area contributed by atoms with E-state index in [4.69, 9.17) is 35.1 Å². The number of phosphoric acid groups is 3. The van der Waals surface area contributed by atoms with Crippen LogP contribution in [0.5, 0.6) is 0 Å². The predicted molar refractivity (Wildman–Crippen MR) is 127 cm³/mol. The molecule has 0 bridgehead atoms. The molecule has 5 atom stereocenters. The van der Waals surface area contributed by atoms with Gasteiger partial charge in [-0.3, -0.25) is 18.9 Å². The number of ether oxygens (including phenoxy) is 2. The number of nitrogens with one attached hydrogen (secondary N) is 1. The summed E-state index contributed by atoms with van der Waals surface area (Å²) in [5.41, 5.74) is 10.7. The number of imidazole rings is 1. The van der Waals surface area contributed by atoms with E-state index in [2.05, 4.69) is 28.1 Å². The van der Waals surface area contributed by atoms with Gasteiger partial charge in [-0.1, -0.05) is 0 Å². The number of carbonyl (C=O) groups excluding carboxylic acids is 1. The standard InChI is InChI=1S/C16H21N6O15P3/c17-4-7-1-2-32-12(7)15(24)35-8-3-10(22-6-19-11-13(22)20-16(18)21-14(11)23)34-9(8)5-33-39(28,29)37-40(30,31)36-38(25,26)27/h1-2,6,8-10H,3-5,17H2,(H,28,29)(H,30,31)(H2,25,26,27)(H3,18,20,21,23)/t8-,9?,10-/m1/s1. The number of anilines is 1. The molecule has 24 heteroatoms. The van der Waals surface area contributed by atoms with E-state index in [9.17, 15) is 33.1 Å². The van der Waals surface area contributed by atoms with Crippen LogP contribution in [0.2, 0.25) is 0 Å². The number of aromatic amines is 1. The number of rotatable bonds is 11. The van der Waals surface area contributed by atoms with Crippen LogP contribution in [-0.2, 0) is 42.9 Å². The maximum Gasteiger partial charge on any atom is 0.490 e. The Kier molecular flexibility index (Phi) is 8.49. The fourth-order valence-electron chi connectivity index (χ4n) is 3.64. The van der Waals surface area contributed by atoms with E-state index in [0.29, 0.717) is 5.56 Å². The number of esters is 1. The lowest BCUT2D eigenvalue weighted by molar-refractivity contribution is -0.0497. The summed E-state index contributed by atoms with van der Waals surface area (Å²) in [6.07, 6.45) is -1.50. The molecular formula is C16H21N6O15P3. The van der Waals surface area contributed by atoms with Gasteiger partial charge in [-0.05, 0) is 6.07 Å². The van der Waals surface area contributed by atoms with Crippen LogP contribution in [0.15, 0.2) is 27.9 Å². The van der Waals surface area contributed by atoms with Crippen LogP contribution in [-0.4, -0.2) is 63.9 Å². The number of nitrogen functional groups attached to an aromatic ring is 1. The first kappa shape index (κ1) is 30.2. The van der Waals surface area contributed by atoms with Gasteiger partial charge < -0.3 is 44.9 Å². The smallest absolute Gasteiger partial charge is 0.457 e. The van der Waals surface area contributed by atoms with Crippen molar-refractivity contribution < 1.29 is 65.1 Å². The highest BCUT2D eigenvalue weighted by atomic mass is 31.3. The minimum Gasteiger partial charge on any atom is -0.457 e. The third-order valence-corrected chi connectivity index (χ3v) is 8.97. The molecule has 3 aromatic heterocycles. The second-order valence-corrected chi connectivity index (χ2v) is 12.4. The Balaban J connectivity index is 1.56. The van der Waals surface area contributed by atoms with E-state index < -0.39 is 60.0 Å². The molecule has 3 aromatic rings. The SMILES string of the molecule is NCc1ccoc1C(=O)O[C@@H]1C[C@H](n2cnc3c(=O)[nH]c(N)nc32)OC1COP(=O)(O)OP(=O)(O)OP(=O)(O)O. The summed E-state index contributed by atoms with van der Waals surface area (Å²) in [5, 5.41) is 0. The second kappa shape index (κ2) is 11.2. The Bertz CT molecular complexity index is 1610. The van der Waals surface area contributed by atoms with Crippen LogP contribution >= 0.6 is 23.5 Å². The number of hydrogen-bond donors (Lipinski definition) is 7. The van der Waals surface area contributed by atoms with Crippen LogP contribution in [0.1, 0.15) is 28.8 Å². The van der Waals surface area contributed by atoms with Gasteiger partial charge in [0, 0.05) is 18.5 Å². The van der Waals surface area contributed by atoms with Crippen LogP contribution in [0.4, 0.5) is 5.95 Å². The van der Waals surface area contributed by atoms with E-state index in [1.54, 1.807) is 0 Å². The molecule has 220 valence electrons. The molecule has 4 rings (SSSR count). The lowest BCUT2D eigenvalue weighted by Gasteiger charge is -2.21. The van der Waals surface area contributed by atoms with Crippen molar-refractivity contribution in [1.82, 2.24) is 19.5 Å². The molecule has 1 fully saturated rings. The maximum atomic E-state index is 12.8. The Labute approximate surface area is 221 Å². The first-order valence-corrected chi connectivity index (χ1v) is 15.2. The molecule has 0 aromatic carbocycles. The topological polar surface area (TPSA) is 324 Å². The number of H-pyrrole nitrogens is 1. The number of furan rings is 1. The van der Waals surface area contributed by atoms with Gasteiger partial charge in [0.05, 0.1) is 19.2 Å². The number of carbonyl (C=O) groups is 1. The molecule has 1 saturated heterocycles. The number of nitrogens with zero attached hydrogens (tertiary/aromatic N) is 3. The van der Waals surface area contributed by atoms with E-state index in [1.807, 2.05) is 0 Å². The molecule has 0 radical (unpaired) electrons. The lowest BCUT2D eigenvalue weighted by Crippen LogP contribution is -2.31. The first-order chi connectivity index (χ1) is 18.6. The normalized spacial score (nSPS) is 22.7. The van der Waals surface area contributed by atoms with Crippen LogP contribution in [0.25, 0.3) is 11.2 Å². The largest absolute Gasteiger partial charge is 0.490 e. The van der Waals surface area contributed by atoms with Gasteiger partial charge in [-0.15, -0.1) is 0 Å². The fourth-order valence-corrected chi connectivity index (χ4v) is 6.67. The van der Waals surface area contributed by atoms with Gasteiger partial charge in [0.15, 0.2) is 11.2 Å². The average molecular weight is 630 g/mol. The van der Waals surface area contributed by atoms with E-state index >= 15 is 0 Å². The van der Waals surface area contributed by atoms with Gasteiger partial charge in [0.2, 0.25) is 11.7 Å². The van der Waals surface area contributed by atoms with E-state index in [1.165, 1.54) is 23.2 Å². The molecule has 1 aliphatic heterocycles. The number of phosphoric ester groups is 1. The summed E-state index contributed by atoms with van der Waals surface area (Å²) < 4.78 is 64.3. The van der Waals surface area contributed by atoms with Crippen molar-refractivity contribution in [2.45, 2.75) is 31.4 Å². The van der Waals surface area contributed by atoms with Crippen LogP contribution in [0, 0.1) is 0 Å². The zero-order valence-electron chi connectivity index (χ0n) is 19.7. The Hall–Kier alpha value is -2.77. The number of fused-ring (bicyclic) bond motifs is 1. The fraction of sp³-hybridized carbons (Fsp3) is 0.375. The van der Waals surface area contributed by atoms with Gasteiger partial charge in [-0.25, -0.2) is 23.5 Å². The van der Waals surface area contributed by atoms with Crippen molar-refractivity contribution in [1.29, 1.82) is 0 Å². The van der Waals surface area contributed by atoms with Gasteiger partial charge in [0.1, 0.15) is 18.4 Å². The molecule has 4 heterocycles. The molecule has 3 unspecified atom stereocenters. The van der Waals surface area contributed by atoms with Gasteiger partial charge >= 0.3 is 29.4 Å². The zero-order chi connectivity index (χ0) is 29.5. The maximum absolute atomic E-state index is 12.8. The first-order valence-electron chi connectivity index (χ1n) is 10.7. The Morgan fingerprint density at radius 1 is 1.20 bits per heavy atom. The molecule has 0 amide bonds. The minimum atomic E-state index is -5.78. The van der Waals surface area contributed by atoms with Gasteiger partial charge in [0.25, 0.3) is 5.56 Å². The van der Waals surface area contributed by atoms with Gasteiger partial charge in [-0.2, -0.15) is 13.6 Å². The second-order valence-electron chi connectivity index (χ2n) is 7.95. The number of nitrogens with two attached hydrogens (primary N) is 2. The van der Waals surface area contributed by atoms with Crippen molar-refractivity contribution in [3.63, 3.8) is 0 Å². The molecule has 40 heavy (non-hydrogen) atoms. The quantitative estimate of drug-likeness (QED) is 0.105. The third kappa shape index (κ3) is 7.10. The summed E-state index contributed by atoms with van der Waals surface area (Å²) >= 11 is 0. The Morgan fingerprint density at radius 3 is 2.60 bits per heavy atom. The molecule has 9 N–H and O–H groups in total. The van der Waals surface area contributed by atoms with Crippen molar-refractivity contribution in [2.75, 3.05) is 12.3 Å². The molecule has 1 aliphatic rings. The Morgan fingerprint density at radius 2 is 1.93 bits per heavy atom. The summed E-state index contributed by atoms with van der Waals surface area (Å²) in [6, 6.07) is 1.43. The molecule has 21 nitrogen and oxygen atoms in total. The average Bonchev–Trinajstić information content (AvgIpc) is 3.53. The summed E-state index contributed by atoms with van der Waals surface area (Å²) in [4.78, 5) is 71.6. The predicted octanol–water partition coefficient (Wildman–Crippen LogP) is -0.390. The summed E-state index contributed by atoms with van der Waals surface area (Å²) in [7, 11) is -16.9. The molecule has 0 saturated carbocycles. The van der Waals surface area contributed by atoms with Crippen molar-refractivity contribution in [2.24, 2.45) is 5.73 Å². The van der Waals surface area contributed by atoms with E-state index in [-0.39, 0.29) is 35.8 Å². The van der Waals surface area contributed by atoms with Crippen molar-refractivity contribution in [3.05, 3.63) is 40.3 Å². The molecule has 0 spiro atoms. The molecule has 0 aliphatic carbocycles. The lowest BCUT2D eigenvalue weighted by atomic mass is 10.2. The highest BCUT2D eigenvalue weighted by Gasteiger charge is 2.44. The van der Waals surface area contributed by atoms with Crippen molar-refractivity contribution in [3.8, 4) is 0 Å². The van der Waals surface area contributed by atoms with Crippen molar-refractivity contribution >= 4 is 46.5 Å². The monoisotopic (exact) mass is 630 g/mol. The summed E-state index contributed by atoms with van der Waals surface area (Å²) in [6.45, 7) is -1.01. The molecular weight excluding hydrogens is 609 g/mol. The van der Waals surface area contributed by atoms with E-state index in [0.717, 1.165) is 0 Å².